The zero-order chi connectivity index (χ0) is 28.1. The van der Waals surface area contributed by atoms with Crippen LogP contribution in [-0.4, -0.2) is 37.0 Å². The summed E-state index contributed by atoms with van der Waals surface area (Å²) < 4.78 is 12.0. The predicted molar refractivity (Wildman–Crippen MR) is 151 cm³/mol. The van der Waals surface area contributed by atoms with Crippen molar-refractivity contribution in [1.82, 2.24) is 5.32 Å². The van der Waals surface area contributed by atoms with Gasteiger partial charge in [0, 0.05) is 5.69 Å². The summed E-state index contributed by atoms with van der Waals surface area (Å²) in [5.41, 5.74) is 3.27. The number of nitrogens with zero attached hydrogens (tertiary/aromatic N) is 1. The van der Waals surface area contributed by atoms with E-state index in [0.29, 0.717) is 33.8 Å². The van der Waals surface area contributed by atoms with E-state index in [1.807, 2.05) is 32.0 Å². The number of anilines is 2. The lowest BCUT2D eigenvalue weighted by molar-refractivity contribution is -0.122. The van der Waals surface area contributed by atoms with E-state index < -0.39 is 17.8 Å². The number of hydrogen-bond acceptors (Lipinski definition) is 6. The first kappa shape index (κ1) is 27.6. The highest BCUT2D eigenvalue weighted by atomic mass is 79.9. The Morgan fingerprint density at radius 3 is 2.49 bits per heavy atom. The Labute approximate surface area is 233 Å². The van der Waals surface area contributed by atoms with E-state index in [1.54, 1.807) is 49.4 Å². The molecule has 1 aliphatic rings. The van der Waals surface area contributed by atoms with Crippen molar-refractivity contribution in [2.75, 3.05) is 23.4 Å². The molecule has 0 radical (unpaired) electrons. The van der Waals surface area contributed by atoms with Crippen LogP contribution in [0.25, 0.3) is 6.08 Å². The van der Waals surface area contributed by atoms with Crippen LogP contribution in [0.4, 0.5) is 16.2 Å². The highest BCUT2D eigenvalue weighted by Crippen LogP contribution is 2.38. The second kappa shape index (κ2) is 12.0. The molecule has 0 atom stereocenters. The van der Waals surface area contributed by atoms with Crippen molar-refractivity contribution >= 4 is 57.1 Å². The van der Waals surface area contributed by atoms with Crippen LogP contribution in [0.3, 0.4) is 0 Å². The number of benzene rings is 3. The fraction of sp³-hybridized carbons (Fsp3) is 0.172. The smallest absolute Gasteiger partial charge is 0.335 e. The molecule has 1 saturated heterocycles. The van der Waals surface area contributed by atoms with Crippen molar-refractivity contribution in [2.45, 2.75) is 20.8 Å². The van der Waals surface area contributed by atoms with Crippen LogP contribution in [0.1, 0.15) is 23.6 Å². The minimum absolute atomic E-state index is 0.227. The molecular formula is C29H26BrN3O6. The Morgan fingerprint density at radius 1 is 1.03 bits per heavy atom. The monoisotopic (exact) mass is 591 g/mol. The molecule has 0 spiro atoms. The van der Waals surface area contributed by atoms with E-state index in [9.17, 15) is 19.2 Å². The summed E-state index contributed by atoms with van der Waals surface area (Å²) in [6.45, 7) is 5.70. The molecule has 1 heterocycles. The number of nitrogens with one attached hydrogen (secondary N) is 2. The van der Waals surface area contributed by atoms with Gasteiger partial charge < -0.3 is 14.8 Å². The summed E-state index contributed by atoms with van der Waals surface area (Å²) in [5.74, 6) is -1.32. The molecule has 0 aliphatic carbocycles. The molecule has 3 aromatic rings. The number of imide groups is 2. The maximum Gasteiger partial charge on any atom is 0.335 e. The van der Waals surface area contributed by atoms with Gasteiger partial charge in [-0.1, -0.05) is 30.3 Å². The van der Waals surface area contributed by atoms with Gasteiger partial charge >= 0.3 is 6.03 Å². The molecule has 1 fully saturated rings. The molecule has 9 nitrogen and oxygen atoms in total. The van der Waals surface area contributed by atoms with Crippen molar-refractivity contribution in [3.05, 3.63) is 87.4 Å². The second-order valence-electron chi connectivity index (χ2n) is 8.64. The number of hydrogen-bond donors (Lipinski definition) is 2. The molecule has 3 aromatic carbocycles. The van der Waals surface area contributed by atoms with Crippen LogP contribution in [0.2, 0.25) is 0 Å². The number of para-hydroxylation sites is 1. The van der Waals surface area contributed by atoms with Gasteiger partial charge in [0.2, 0.25) is 0 Å². The number of halogens is 1. The van der Waals surface area contributed by atoms with Gasteiger partial charge in [0.05, 0.1) is 16.8 Å². The summed E-state index contributed by atoms with van der Waals surface area (Å²) in [6, 6.07) is 16.3. The molecule has 5 amide bonds. The number of rotatable bonds is 8. The topological polar surface area (TPSA) is 114 Å². The van der Waals surface area contributed by atoms with Gasteiger partial charge in [0.1, 0.15) is 5.57 Å². The number of ether oxygens (including phenoxy) is 2. The number of aryl methyl sites for hydroxylation is 1. The van der Waals surface area contributed by atoms with Gasteiger partial charge in [0.25, 0.3) is 17.7 Å². The van der Waals surface area contributed by atoms with Crippen molar-refractivity contribution in [3.8, 4) is 11.5 Å². The van der Waals surface area contributed by atoms with Crippen LogP contribution in [0, 0.1) is 13.8 Å². The molecule has 2 N–H and O–H groups in total. The molecule has 0 aromatic heterocycles. The maximum absolute atomic E-state index is 13.1. The third-order valence-electron chi connectivity index (χ3n) is 5.99. The fourth-order valence-corrected chi connectivity index (χ4v) is 4.49. The average Bonchev–Trinajstić information content (AvgIpc) is 2.89. The highest BCUT2D eigenvalue weighted by Gasteiger charge is 2.36. The normalized spacial score (nSPS) is 14.3. The van der Waals surface area contributed by atoms with Crippen LogP contribution >= 0.6 is 15.9 Å². The summed E-state index contributed by atoms with van der Waals surface area (Å²) in [7, 11) is 0. The van der Waals surface area contributed by atoms with Crippen molar-refractivity contribution in [3.63, 3.8) is 0 Å². The number of amides is 5. The van der Waals surface area contributed by atoms with Gasteiger partial charge in [-0.05, 0) is 89.8 Å². The van der Waals surface area contributed by atoms with Gasteiger partial charge in [-0.25, -0.2) is 9.69 Å². The molecule has 4 rings (SSSR count). The average molecular weight is 592 g/mol. The molecule has 39 heavy (non-hydrogen) atoms. The summed E-state index contributed by atoms with van der Waals surface area (Å²) >= 11 is 3.44. The van der Waals surface area contributed by atoms with E-state index >= 15 is 0 Å². The third-order valence-corrected chi connectivity index (χ3v) is 6.57. The predicted octanol–water partition coefficient (Wildman–Crippen LogP) is 5.15. The standard InChI is InChI=1S/C29H26BrN3O6/c1-4-38-24-15-19(13-21-27(35)32-29(37)33(28(21)36)20-10-6-5-7-11-20)14-22(30)26(24)39-16-25(34)31-23-12-8-9-17(2)18(23)3/h5-15H,4,16H2,1-3H3,(H,31,34)(H,32,35,37)/b21-13-. The zero-order valence-electron chi connectivity index (χ0n) is 21.5. The fourth-order valence-electron chi connectivity index (χ4n) is 3.92. The van der Waals surface area contributed by atoms with Crippen molar-refractivity contribution < 1.29 is 28.7 Å². The zero-order valence-corrected chi connectivity index (χ0v) is 23.1. The summed E-state index contributed by atoms with van der Waals surface area (Å²) in [5, 5.41) is 5.05. The Bertz CT molecular complexity index is 1490. The highest BCUT2D eigenvalue weighted by molar-refractivity contribution is 9.10. The van der Waals surface area contributed by atoms with Crippen molar-refractivity contribution in [1.29, 1.82) is 0 Å². The van der Waals surface area contributed by atoms with Gasteiger partial charge in [-0.2, -0.15) is 0 Å². The number of urea groups is 1. The minimum Gasteiger partial charge on any atom is -0.490 e. The van der Waals surface area contributed by atoms with E-state index in [0.717, 1.165) is 16.0 Å². The number of carbonyl (C=O) groups is 4. The lowest BCUT2D eigenvalue weighted by Crippen LogP contribution is -2.54. The molecule has 0 bridgehead atoms. The molecule has 10 heteroatoms. The lowest BCUT2D eigenvalue weighted by atomic mass is 10.1. The van der Waals surface area contributed by atoms with E-state index in [4.69, 9.17) is 9.47 Å². The van der Waals surface area contributed by atoms with Crippen LogP contribution in [-0.2, 0) is 14.4 Å². The minimum atomic E-state index is -0.826. The quantitative estimate of drug-likeness (QED) is 0.277. The Morgan fingerprint density at radius 2 is 1.77 bits per heavy atom. The molecular weight excluding hydrogens is 566 g/mol. The molecule has 0 unspecified atom stereocenters. The number of barbiturate groups is 1. The van der Waals surface area contributed by atoms with Crippen LogP contribution in [0.5, 0.6) is 11.5 Å². The van der Waals surface area contributed by atoms with Gasteiger partial charge in [-0.3, -0.25) is 19.7 Å². The van der Waals surface area contributed by atoms with Gasteiger partial charge in [0.15, 0.2) is 18.1 Å². The van der Waals surface area contributed by atoms with E-state index in [-0.39, 0.29) is 23.8 Å². The maximum atomic E-state index is 13.1. The second-order valence-corrected chi connectivity index (χ2v) is 9.50. The van der Waals surface area contributed by atoms with Gasteiger partial charge in [-0.15, -0.1) is 0 Å². The van der Waals surface area contributed by atoms with E-state index in [2.05, 4.69) is 26.6 Å². The summed E-state index contributed by atoms with van der Waals surface area (Å²) in [6.07, 6.45) is 1.37. The van der Waals surface area contributed by atoms with Crippen molar-refractivity contribution in [2.24, 2.45) is 0 Å². The lowest BCUT2D eigenvalue weighted by Gasteiger charge is -2.26. The van der Waals surface area contributed by atoms with E-state index in [1.165, 1.54) is 6.08 Å². The first-order valence-electron chi connectivity index (χ1n) is 12.1. The Kier molecular flexibility index (Phi) is 8.46. The SMILES string of the molecule is CCOc1cc(/C=C2/C(=O)NC(=O)N(c3ccccc3)C2=O)cc(Br)c1OCC(=O)Nc1cccc(C)c1C. The largest absolute Gasteiger partial charge is 0.490 e. The first-order valence-corrected chi connectivity index (χ1v) is 12.9. The third kappa shape index (κ3) is 6.18. The molecule has 1 aliphatic heterocycles. The molecule has 0 saturated carbocycles. The Balaban J connectivity index is 1.58. The Hall–Kier alpha value is -4.44. The first-order chi connectivity index (χ1) is 18.7. The molecule has 200 valence electrons. The summed E-state index contributed by atoms with van der Waals surface area (Å²) in [4.78, 5) is 51.6. The number of carbonyl (C=O) groups excluding carboxylic acids is 4. The van der Waals surface area contributed by atoms with Crippen LogP contribution in [0.15, 0.2) is 70.7 Å². The van der Waals surface area contributed by atoms with Crippen LogP contribution < -0.4 is 25.0 Å².